The Hall–Kier alpha value is -0.0800. The summed E-state index contributed by atoms with van der Waals surface area (Å²) < 4.78 is 5.50. The second-order valence-electron chi connectivity index (χ2n) is 5.35. The van der Waals surface area contributed by atoms with Crippen molar-refractivity contribution in [3.05, 3.63) is 0 Å². The molecule has 1 saturated carbocycles. The first-order valence-corrected chi connectivity index (χ1v) is 6.99. The van der Waals surface area contributed by atoms with Crippen LogP contribution >= 0.6 is 0 Å². The number of rotatable bonds is 7. The molecule has 0 aromatic rings. The van der Waals surface area contributed by atoms with Crippen LogP contribution in [0, 0.1) is 11.8 Å². The molecule has 2 heteroatoms. The van der Waals surface area contributed by atoms with E-state index in [9.17, 15) is 5.11 Å². The summed E-state index contributed by atoms with van der Waals surface area (Å²) in [4.78, 5) is 0. The van der Waals surface area contributed by atoms with Crippen LogP contribution in [0.1, 0.15) is 58.8 Å². The molecule has 0 aromatic carbocycles. The summed E-state index contributed by atoms with van der Waals surface area (Å²) in [5.74, 6) is 1.33. The van der Waals surface area contributed by atoms with Crippen molar-refractivity contribution in [1.29, 1.82) is 0 Å². The van der Waals surface area contributed by atoms with Crippen LogP contribution in [0.2, 0.25) is 0 Å². The lowest BCUT2D eigenvalue weighted by Crippen LogP contribution is -2.27. The summed E-state index contributed by atoms with van der Waals surface area (Å²) in [6, 6.07) is 0. The molecule has 1 N–H and O–H groups in total. The molecule has 3 unspecified atom stereocenters. The van der Waals surface area contributed by atoms with Gasteiger partial charge in [-0.25, -0.2) is 0 Å². The highest BCUT2D eigenvalue weighted by Crippen LogP contribution is 2.31. The lowest BCUT2D eigenvalue weighted by atomic mass is 9.79. The van der Waals surface area contributed by atoms with E-state index in [1.165, 1.54) is 32.1 Å². The van der Waals surface area contributed by atoms with Crippen LogP contribution in [0.4, 0.5) is 0 Å². The van der Waals surface area contributed by atoms with E-state index >= 15 is 0 Å². The third kappa shape index (κ3) is 5.31. The highest BCUT2D eigenvalue weighted by molar-refractivity contribution is 4.76. The van der Waals surface area contributed by atoms with Crippen LogP contribution in [-0.4, -0.2) is 24.4 Å². The molecular weight excluding hydrogens is 200 g/mol. The van der Waals surface area contributed by atoms with Crippen molar-refractivity contribution in [3.63, 3.8) is 0 Å². The highest BCUT2D eigenvalue weighted by atomic mass is 16.5. The number of aliphatic hydroxyl groups is 1. The van der Waals surface area contributed by atoms with E-state index in [1.54, 1.807) is 0 Å². The molecule has 1 rings (SSSR count). The molecule has 0 radical (unpaired) electrons. The van der Waals surface area contributed by atoms with Gasteiger partial charge in [-0.2, -0.15) is 0 Å². The number of aliphatic hydroxyl groups excluding tert-OH is 1. The Bertz CT molecular complexity index is 170. The zero-order valence-corrected chi connectivity index (χ0v) is 11.0. The van der Waals surface area contributed by atoms with Gasteiger partial charge in [-0.3, -0.25) is 0 Å². The number of hydrogen-bond donors (Lipinski definition) is 1. The Kier molecular flexibility index (Phi) is 7.06. The molecule has 1 aliphatic rings. The Morgan fingerprint density at radius 2 is 2.12 bits per heavy atom. The molecule has 2 nitrogen and oxygen atoms in total. The first kappa shape index (κ1) is 14.0. The topological polar surface area (TPSA) is 29.5 Å². The first-order chi connectivity index (χ1) is 7.74. The molecular formula is C14H28O2. The van der Waals surface area contributed by atoms with Crippen molar-refractivity contribution < 1.29 is 9.84 Å². The largest absolute Gasteiger partial charge is 0.393 e. The predicted molar refractivity (Wildman–Crippen MR) is 67.5 cm³/mol. The highest BCUT2D eigenvalue weighted by Gasteiger charge is 2.24. The third-order valence-electron chi connectivity index (χ3n) is 3.72. The molecule has 16 heavy (non-hydrogen) atoms. The van der Waals surface area contributed by atoms with Crippen molar-refractivity contribution in [3.8, 4) is 0 Å². The Labute approximate surface area is 100 Å². The molecule has 0 saturated heterocycles. The third-order valence-corrected chi connectivity index (χ3v) is 3.72. The molecule has 0 aromatic heterocycles. The SMILES string of the molecule is CCCCOCCC(O)C1CCCC(C)C1. The van der Waals surface area contributed by atoms with E-state index in [0.29, 0.717) is 5.92 Å². The van der Waals surface area contributed by atoms with Crippen LogP contribution < -0.4 is 0 Å². The average Bonchev–Trinajstić information content (AvgIpc) is 2.28. The number of ether oxygens (including phenoxy) is 1. The first-order valence-electron chi connectivity index (χ1n) is 6.99. The van der Waals surface area contributed by atoms with E-state index in [-0.39, 0.29) is 6.10 Å². The molecule has 3 atom stereocenters. The van der Waals surface area contributed by atoms with Crippen molar-refractivity contribution >= 4 is 0 Å². The van der Waals surface area contributed by atoms with Gasteiger partial charge in [0.25, 0.3) is 0 Å². The smallest absolute Gasteiger partial charge is 0.0590 e. The van der Waals surface area contributed by atoms with Crippen molar-refractivity contribution in [2.75, 3.05) is 13.2 Å². The summed E-state index contributed by atoms with van der Waals surface area (Å²) in [6.07, 6.45) is 8.05. The zero-order valence-electron chi connectivity index (χ0n) is 11.0. The van der Waals surface area contributed by atoms with E-state index in [0.717, 1.165) is 32.0 Å². The van der Waals surface area contributed by atoms with Gasteiger partial charge in [-0.15, -0.1) is 0 Å². The van der Waals surface area contributed by atoms with Crippen molar-refractivity contribution in [2.45, 2.75) is 64.9 Å². The van der Waals surface area contributed by atoms with Gasteiger partial charge >= 0.3 is 0 Å². The lowest BCUT2D eigenvalue weighted by Gasteiger charge is -2.30. The molecule has 1 aliphatic carbocycles. The normalized spacial score (nSPS) is 27.9. The standard InChI is InChI=1S/C14H28O2/c1-3-4-9-16-10-8-14(15)13-7-5-6-12(2)11-13/h12-15H,3-11H2,1-2H3. The Morgan fingerprint density at radius 3 is 2.81 bits per heavy atom. The summed E-state index contributed by atoms with van der Waals surface area (Å²) in [7, 11) is 0. The van der Waals surface area contributed by atoms with Crippen molar-refractivity contribution in [2.24, 2.45) is 11.8 Å². The van der Waals surface area contributed by atoms with Gasteiger partial charge in [-0.05, 0) is 37.5 Å². The maximum absolute atomic E-state index is 10.1. The summed E-state index contributed by atoms with van der Waals surface area (Å²) in [5.41, 5.74) is 0. The van der Waals surface area contributed by atoms with Gasteiger partial charge in [-0.1, -0.05) is 33.1 Å². The summed E-state index contributed by atoms with van der Waals surface area (Å²) in [6.45, 7) is 6.05. The Balaban J connectivity index is 2.06. The van der Waals surface area contributed by atoms with E-state index in [4.69, 9.17) is 4.74 Å². The van der Waals surface area contributed by atoms with Crippen molar-refractivity contribution in [1.82, 2.24) is 0 Å². The van der Waals surface area contributed by atoms with Crippen LogP contribution in [0.5, 0.6) is 0 Å². The zero-order chi connectivity index (χ0) is 11.8. The fraction of sp³-hybridized carbons (Fsp3) is 1.00. The molecule has 0 aliphatic heterocycles. The van der Waals surface area contributed by atoms with Gasteiger partial charge in [0.05, 0.1) is 6.10 Å². The fourth-order valence-electron chi connectivity index (χ4n) is 2.62. The van der Waals surface area contributed by atoms with Gasteiger partial charge in [0.2, 0.25) is 0 Å². The maximum atomic E-state index is 10.1. The lowest BCUT2D eigenvalue weighted by molar-refractivity contribution is 0.0311. The minimum atomic E-state index is -0.135. The van der Waals surface area contributed by atoms with Crippen LogP contribution in [-0.2, 0) is 4.74 Å². The van der Waals surface area contributed by atoms with Crippen LogP contribution in [0.25, 0.3) is 0 Å². The van der Waals surface area contributed by atoms with Gasteiger partial charge < -0.3 is 9.84 Å². The Morgan fingerprint density at radius 1 is 1.31 bits per heavy atom. The number of unbranched alkanes of at least 4 members (excludes halogenated alkanes) is 1. The molecule has 0 bridgehead atoms. The number of hydrogen-bond acceptors (Lipinski definition) is 2. The summed E-state index contributed by atoms with van der Waals surface area (Å²) >= 11 is 0. The van der Waals surface area contributed by atoms with E-state index in [2.05, 4.69) is 13.8 Å². The van der Waals surface area contributed by atoms with E-state index in [1.807, 2.05) is 0 Å². The molecule has 1 fully saturated rings. The van der Waals surface area contributed by atoms with Crippen LogP contribution in [0.3, 0.4) is 0 Å². The maximum Gasteiger partial charge on any atom is 0.0590 e. The predicted octanol–water partition coefficient (Wildman–Crippen LogP) is 3.38. The minimum absolute atomic E-state index is 0.135. The summed E-state index contributed by atoms with van der Waals surface area (Å²) in [5, 5.41) is 10.1. The minimum Gasteiger partial charge on any atom is -0.393 e. The second kappa shape index (κ2) is 8.08. The van der Waals surface area contributed by atoms with Gasteiger partial charge in [0, 0.05) is 13.2 Å². The molecule has 0 amide bonds. The molecule has 0 spiro atoms. The average molecular weight is 228 g/mol. The molecule has 96 valence electrons. The second-order valence-corrected chi connectivity index (χ2v) is 5.35. The van der Waals surface area contributed by atoms with Gasteiger partial charge in [0.15, 0.2) is 0 Å². The monoisotopic (exact) mass is 228 g/mol. The van der Waals surface area contributed by atoms with E-state index < -0.39 is 0 Å². The van der Waals surface area contributed by atoms with Crippen LogP contribution in [0.15, 0.2) is 0 Å². The fourth-order valence-corrected chi connectivity index (χ4v) is 2.62. The van der Waals surface area contributed by atoms with Gasteiger partial charge in [0.1, 0.15) is 0 Å². The quantitative estimate of drug-likeness (QED) is 0.677. The molecule has 0 heterocycles.